The summed E-state index contributed by atoms with van der Waals surface area (Å²) < 4.78 is 5.55. The fourth-order valence-electron chi connectivity index (χ4n) is 2.53. The highest BCUT2D eigenvalue weighted by Gasteiger charge is 2.04. The van der Waals surface area contributed by atoms with Gasteiger partial charge in [0.25, 0.3) is 0 Å². The minimum Gasteiger partial charge on any atom is -0.464 e. The van der Waals surface area contributed by atoms with Gasteiger partial charge in [0.1, 0.15) is 5.58 Å². The number of fused-ring (bicyclic) bond motifs is 2. The molecule has 0 radical (unpaired) electrons. The number of aromatic nitrogens is 1. The summed E-state index contributed by atoms with van der Waals surface area (Å²) in [5, 5.41) is 5.83. The molecule has 0 saturated heterocycles. The first-order valence-electron chi connectivity index (χ1n) is 6.66. The van der Waals surface area contributed by atoms with Crippen molar-refractivity contribution in [3.05, 3.63) is 66.6 Å². The van der Waals surface area contributed by atoms with Crippen molar-refractivity contribution in [2.75, 3.05) is 5.32 Å². The third-order valence-electron chi connectivity index (χ3n) is 3.60. The van der Waals surface area contributed by atoms with Crippen molar-refractivity contribution in [2.24, 2.45) is 0 Å². The zero-order valence-electron chi connectivity index (χ0n) is 10.9. The summed E-state index contributed by atoms with van der Waals surface area (Å²) in [5.74, 6) is 0. The number of para-hydroxylation sites is 1. The molecule has 2 aromatic heterocycles. The number of hydrogen-bond donors (Lipinski definition) is 2. The van der Waals surface area contributed by atoms with Gasteiger partial charge in [-0.3, -0.25) is 0 Å². The van der Waals surface area contributed by atoms with Crippen LogP contribution < -0.4 is 5.32 Å². The Hall–Kier alpha value is -2.68. The highest BCUT2D eigenvalue weighted by Crippen LogP contribution is 2.23. The average Bonchev–Trinajstić information content (AvgIpc) is 3.11. The summed E-state index contributed by atoms with van der Waals surface area (Å²) in [6.07, 6.45) is 3.78. The monoisotopic (exact) mass is 262 g/mol. The van der Waals surface area contributed by atoms with Crippen molar-refractivity contribution in [3.63, 3.8) is 0 Å². The van der Waals surface area contributed by atoms with E-state index in [-0.39, 0.29) is 0 Å². The summed E-state index contributed by atoms with van der Waals surface area (Å²) in [4.78, 5) is 3.20. The summed E-state index contributed by atoms with van der Waals surface area (Å²) in [6.45, 7) is 0.757. The molecule has 0 aliphatic heterocycles. The second-order valence-electron chi connectivity index (χ2n) is 4.89. The van der Waals surface area contributed by atoms with Crippen molar-refractivity contribution in [3.8, 4) is 0 Å². The molecule has 2 N–H and O–H groups in total. The molecule has 0 atom stereocenters. The smallest absolute Gasteiger partial charge is 0.134 e. The predicted octanol–water partition coefficient (Wildman–Crippen LogP) is 4.53. The molecule has 0 unspecified atom stereocenters. The van der Waals surface area contributed by atoms with Gasteiger partial charge in [-0.25, -0.2) is 0 Å². The molecule has 4 rings (SSSR count). The normalized spacial score (nSPS) is 11.2. The van der Waals surface area contributed by atoms with E-state index in [1.165, 1.54) is 16.3 Å². The third-order valence-corrected chi connectivity index (χ3v) is 3.60. The Labute approximate surface area is 116 Å². The zero-order valence-corrected chi connectivity index (χ0v) is 10.9. The lowest BCUT2D eigenvalue weighted by Crippen LogP contribution is -1.98. The second kappa shape index (κ2) is 4.46. The number of H-pyrrole nitrogens is 1. The van der Waals surface area contributed by atoms with Crippen molar-refractivity contribution >= 4 is 27.6 Å². The number of nitrogens with one attached hydrogen (secondary N) is 2. The minimum absolute atomic E-state index is 0.757. The fourth-order valence-corrected chi connectivity index (χ4v) is 2.53. The molecule has 2 heterocycles. The second-order valence-corrected chi connectivity index (χ2v) is 4.89. The number of benzene rings is 2. The maximum Gasteiger partial charge on any atom is 0.134 e. The molecule has 2 aromatic carbocycles. The highest BCUT2D eigenvalue weighted by molar-refractivity contribution is 5.83. The Morgan fingerprint density at radius 2 is 2.00 bits per heavy atom. The van der Waals surface area contributed by atoms with E-state index < -0.39 is 0 Å². The number of furan rings is 1. The van der Waals surface area contributed by atoms with Crippen LogP contribution in [0.5, 0.6) is 0 Å². The molecule has 0 aliphatic rings. The maximum atomic E-state index is 5.55. The van der Waals surface area contributed by atoms with Gasteiger partial charge in [0.2, 0.25) is 0 Å². The summed E-state index contributed by atoms with van der Waals surface area (Å²) >= 11 is 0. The first-order chi connectivity index (χ1) is 9.90. The number of aromatic amines is 1. The van der Waals surface area contributed by atoms with E-state index in [1.807, 2.05) is 30.7 Å². The van der Waals surface area contributed by atoms with Crippen molar-refractivity contribution < 1.29 is 4.42 Å². The van der Waals surface area contributed by atoms with E-state index in [2.05, 4.69) is 40.6 Å². The highest BCUT2D eigenvalue weighted by atomic mass is 16.3. The van der Waals surface area contributed by atoms with Crippen LogP contribution in [0.15, 0.2) is 65.4 Å². The van der Waals surface area contributed by atoms with Crippen LogP contribution in [0.1, 0.15) is 5.56 Å². The lowest BCUT2D eigenvalue weighted by Gasteiger charge is -2.05. The van der Waals surface area contributed by atoms with E-state index in [4.69, 9.17) is 4.42 Å². The van der Waals surface area contributed by atoms with Gasteiger partial charge in [-0.15, -0.1) is 0 Å². The predicted molar refractivity (Wildman–Crippen MR) is 81.8 cm³/mol. The van der Waals surface area contributed by atoms with Gasteiger partial charge in [-0.2, -0.15) is 0 Å². The van der Waals surface area contributed by atoms with Gasteiger partial charge >= 0.3 is 0 Å². The van der Waals surface area contributed by atoms with Crippen molar-refractivity contribution in [2.45, 2.75) is 6.54 Å². The van der Waals surface area contributed by atoms with Crippen LogP contribution in [-0.2, 0) is 6.54 Å². The van der Waals surface area contributed by atoms with Gasteiger partial charge in [0.15, 0.2) is 0 Å². The van der Waals surface area contributed by atoms with Crippen LogP contribution in [0.4, 0.5) is 5.69 Å². The third kappa shape index (κ3) is 1.84. The lowest BCUT2D eigenvalue weighted by molar-refractivity contribution is 0.611. The van der Waals surface area contributed by atoms with Crippen molar-refractivity contribution in [1.29, 1.82) is 0 Å². The Bertz CT molecular complexity index is 873. The van der Waals surface area contributed by atoms with E-state index in [1.54, 1.807) is 0 Å². The molecule has 20 heavy (non-hydrogen) atoms. The van der Waals surface area contributed by atoms with E-state index in [0.717, 1.165) is 23.3 Å². The van der Waals surface area contributed by atoms with E-state index in [9.17, 15) is 0 Å². The molecular weight excluding hydrogens is 248 g/mol. The molecule has 4 aromatic rings. The molecule has 0 saturated carbocycles. The Balaban J connectivity index is 1.60. The van der Waals surface area contributed by atoms with Crippen LogP contribution in [0, 0.1) is 0 Å². The van der Waals surface area contributed by atoms with Crippen LogP contribution in [0.2, 0.25) is 0 Å². The van der Waals surface area contributed by atoms with E-state index in [0.29, 0.717) is 0 Å². The molecule has 3 nitrogen and oxygen atoms in total. The molecule has 0 aliphatic carbocycles. The number of hydrogen-bond acceptors (Lipinski definition) is 2. The first-order valence-corrected chi connectivity index (χ1v) is 6.66. The maximum absolute atomic E-state index is 5.55. The molecule has 0 bridgehead atoms. The SMILES string of the molecule is c1ccc2c(CNc3ccc4[nH]ccc4c3)coc2c1. The Kier molecular flexibility index (Phi) is 2.49. The molecular formula is C17H14N2O. The zero-order chi connectivity index (χ0) is 13.4. The lowest BCUT2D eigenvalue weighted by atomic mass is 10.1. The molecule has 0 amide bonds. The van der Waals surface area contributed by atoms with Crippen molar-refractivity contribution in [1.82, 2.24) is 4.98 Å². The molecule has 0 spiro atoms. The summed E-state index contributed by atoms with van der Waals surface area (Å²) in [6, 6.07) is 16.5. The van der Waals surface area contributed by atoms with Crippen LogP contribution in [-0.4, -0.2) is 4.98 Å². The van der Waals surface area contributed by atoms with Gasteiger partial charge < -0.3 is 14.7 Å². The van der Waals surface area contributed by atoms with Crippen LogP contribution >= 0.6 is 0 Å². The average molecular weight is 262 g/mol. The fraction of sp³-hybridized carbons (Fsp3) is 0.0588. The summed E-state index contributed by atoms with van der Waals surface area (Å²) in [5.41, 5.74) is 4.38. The Morgan fingerprint density at radius 1 is 1.05 bits per heavy atom. The minimum atomic E-state index is 0.757. The molecule has 0 fully saturated rings. The van der Waals surface area contributed by atoms with Gasteiger partial charge in [0.05, 0.1) is 6.26 Å². The van der Waals surface area contributed by atoms with Crippen LogP contribution in [0.25, 0.3) is 21.9 Å². The Morgan fingerprint density at radius 3 is 3.00 bits per heavy atom. The van der Waals surface area contributed by atoms with Gasteiger partial charge in [0, 0.05) is 40.3 Å². The topological polar surface area (TPSA) is 41.0 Å². The number of rotatable bonds is 3. The van der Waals surface area contributed by atoms with Crippen LogP contribution in [0.3, 0.4) is 0 Å². The largest absolute Gasteiger partial charge is 0.464 e. The van der Waals surface area contributed by atoms with Gasteiger partial charge in [-0.05, 0) is 30.3 Å². The van der Waals surface area contributed by atoms with Gasteiger partial charge in [-0.1, -0.05) is 18.2 Å². The molecule has 98 valence electrons. The molecule has 3 heteroatoms. The standard InChI is InChI=1S/C17H14N2O/c1-2-4-17-15(3-1)13(11-20-17)10-19-14-5-6-16-12(9-14)7-8-18-16/h1-9,11,18-19H,10H2. The van der Waals surface area contributed by atoms with E-state index >= 15 is 0 Å². The quantitative estimate of drug-likeness (QED) is 0.569. The first kappa shape index (κ1) is 11.2. The summed E-state index contributed by atoms with van der Waals surface area (Å²) in [7, 11) is 0. The number of anilines is 1.